The molecule has 0 spiro atoms. The van der Waals surface area contributed by atoms with Crippen LogP contribution in [0.1, 0.15) is 46.0 Å². The van der Waals surface area contributed by atoms with E-state index in [9.17, 15) is 4.79 Å². The van der Waals surface area contributed by atoms with Crippen LogP contribution in [0.3, 0.4) is 0 Å². The zero-order valence-electron chi connectivity index (χ0n) is 11.6. The Balaban J connectivity index is 1.64. The van der Waals surface area contributed by atoms with Crippen LogP contribution in [-0.2, 0) is 19.0 Å². The number of rotatable bonds is 0. The van der Waals surface area contributed by atoms with Crippen molar-refractivity contribution in [3.63, 3.8) is 0 Å². The monoisotopic (exact) mass is 266 g/mol. The third-order valence-electron chi connectivity index (χ3n) is 5.32. The number of carbonyl (C=O) groups is 1. The molecule has 0 amide bonds. The van der Waals surface area contributed by atoms with Gasteiger partial charge in [-0.3, -0.25) is 4.79 Å². The first-order valence-corrected chi connectivity index (χ1v) is 7.59. The first-order valence-electron chi connectivity index (χ1n) is 7.59. The molecule has 4 aliphatic rings. The molecule has 2 heterocycles. The second kappa shape index (κ2) is 4.03. The molecule has 0 aromatic heterocycles. The molecule has 4 nitrogen and oxygen atoms in total. The van der Waals surface area contributed by atoms with Crippen LogP contribution in [0, 0.1) is 17.8 Å². The summed E-state index contributed by atoms with van der Waals surface area (Å²) >= 11 is 0. The molecule has 0 unspecified atom stereocenters. The van der Waals surface area contributed by atoms with E-state index in [1.807, 2.05) is 13.8 Å². The van der Waals surface area contributed by atoms with E-state index >= 15 is 0 Å². The van der Waals surface area contributed by atoms with Gasteiger partial charge < -0.3 is 14.2 Å². The summed E-state index contributed by atoms with van der Waals surface area (Å²) in [5, 5.41) is 0. The molecular formula is C15H22O4. The quantitative estimate of drug-likeness (QED) is 0.674. The van der Waals surface area contributed by atoms with E-state index in [1.54, 1.807) is 0 Å². The lowest BCUT2D eigenvalue weighted by Crippen LogP contribution is -2.47. The van der Waals surface area contributed by atoms with E-state index < -0.39 is 5.79 Å². The van der Waals surface area contributed by atoms with E-state index in [4.69, 9.17) is 14.2 Å². The van der Waals surface area contributed by atoms with E-state index in [0.717, 1.165) is 25.7 Å². The lowest BCUT2D eigenvalue weighted by molar-refractivity contribution is -0.217. The van der Waals surface area contributed by atoms with Gasteiger partial charge in [-0.05, 0) is 45.4 Å². The zero-order valence-corrected chi connectivity index (χ0v) is 11.6. The molecule has 0 N–H and O–H groups in total. The van der Waals surface area contributed by atoms with Gasteiger partial charge in [0.05, 0.1) is 6.10 Å². The van der Waals surface area contributed by atoms with Gasteiger partial charge in [0.15, 0.2) is 12.1 Å². The van der Waals surface area contributed by atoms with E-state index in [0.29, 0.717) is 11.7 Å². The van der Waals surface area contributed by atoms with Crippen LogP contribution >= 0.6 is 0 Å². The molecule has 106 valence electrons. The molecule has 0 aromatic carbocycles. The van der Waals surface area contributed by atoms with Gasteiger partial charge >= 0.3 is 0 Å². The summed E-state index contributed by atoms with van der Waals surface area (Å²) in [6, 6.07) is 0. The zero-order chi connectivity index (χ0) is 13.2. The average molecular weight is 266 g/mol. The van der Waals surface area contributed by atoms with Gasteiger partial charge in [0.2, 0.25) is 0 Å². The predicted molar refractivity (Wildman–Crippen MR) is 67.3 cm³/mol. The molecule has 2 aliphatic heterocycles. The second-order valence-electron chi connectivity index (χ2n) is 6.94. The lowest BCUT2D eigenvalue weighted by Gasteiger charge is -2.42. The SMILES string of the molecule is CC1(C)O[C@H]2O[C@@H]3CC[C@@H]4CCCC(=O)[C@@H]4[C@H]3[C@H]2O1. The van der Waals surface area contributed by atoms with Crippen LogP contribution in [0.5, 0.6) is 0 Å². The molecule has 19 heavy (non-hydrogen) atoms. The average Bonchev–Trinajstić information content (AvgIpc) is 2.81. The minimum absolute atomic E-state index is 0.0464. The van der Waals surface area contributed by atoms with Gasteiger partial charge in [-0.2, -0.15) is 0 Å². The summed E-state index contributed by atoms with van der Waals surface area (Å²) in [4.78, 5) is 12.4. The Kier molecular flexibility index (Phi) is 2.61. The second-order valence-corrected chi connectivity index (χ2v) is 6.94. The number of fused-ring (bicyclic) bond motifs is 5. The van der Waals surface area contributed by atoms with Crippen molar-refractivity contribution < 1.29 is 19.0 Å². The summed E-state index contributed by atoms with van der Waals surface area (Å²) in [6.07, 6.45) is 5.03. The topological polar surface area (TPSA) is 44.8 Å². The third kappa shape index (κ3) is 1.80. The molecule has 2 aliphatic carbocycles. The third-order valence-corrected chi connectivity index (χ3v) is 5.32. The maximum Gasteiger partial charge on any atom is 0.187 e. The molecule has 0 bridgehead atoms. The molecule has 2 saturated heterocycles. The molecule has 6 atom stereocenters. The van der Waals surface area contributed by atoms with E-state index in [1.165, 1.54) is 6.42 Å². The number of ketones is 1. The van der Waals surface area contributed by atoms with E-state index in [-0.39, 0.29) is 30.3 Å². The Labute approximate surface area is 113 Å². The standard InChI is InChI=1S/C15H22O4/c1-15(2)18-13-12-10(17-14(13)19-15)7-6-8-4-3-5-9(16)11(8)12/h8,10-14H,3-7H2,1-2H3/t8-,10+,11+,12-,13+,14+/m0/s1. The van der Waals surface area contributed by atoms with Crippen LogP contribution in [-0.4, -0.2) is 30.1 Å². The Bertz CT molecular complexity index is 405. The molecule has 4 rings (SSSR count). The van der Waals surface area contributed by atoms with Gasteiger partial charge in [-0.1, -0.05) is 0 Å². The molecule has 4 heteroatoms. The Morgan fingerprint density at radius 3 is 2.84 bits per heavy atom. The number of hydrogen-bond acceptors (Lipinski definition) is 4. The number of Topliss-reactive ketones (excluding diaryl/α,β-unsaturated/α-hetero) is 1. The maximum atomic E-state index is 12.4. The van der Waals surface area contributed by atoms with Crippen molar-refractivity contribution in [3.8, 4) is 0 Å². The van der Waals surface area contributed by atoms with Crippen LogP contribution in [0.2, 0.25) is 0 Å². The van der Waals surface area contributed by atoms with Crippen molar-refractivity contribution in [1.82, 2.24) is 0 Å². The normalized spacial score (nSPS) is 51.6. The van der Waals surface area contributed by atoms with Crippen molar-refractivity contribution in [1.29, 1.82) is 0 Å². The van der Waals surface area contributed by atoms with Crippen LogP contribution in [0.25, 0.3) is 0 Å². The Morgan fingerprint density at radius 2 is 2.00 bits per heavy atom. The van der Waals surface area contributed by atoms with Crippen molar-refractivity contribution in [2.24, 2.45) is 17.8 Å². The first kappa shape index (κ1) is 12.3. The van der Waals surface area contributed by atoms with Crippen molar-refractivity contribution in [3.05, 3.63) is 0 Å². The van der Waals surface area contributed by atoms with E-state index in [2.05, 4.69) is 0 Å². The molecule has 4 fully saturated rings. The fourth-order valence-electron chi connectivity index (χ4n) is 4.67. The minimum atomic E-state index is -0.578. The highest BCUT2D eigenvalue weighted by molar-refractivity contribution is 5.82. The number of hydrogen-bond donors (Lipinski definition) is 0. The van der Waals surface area contributed by atoms with Gasteiger partial charge in [-0.25, -0.2) is 0 Å². The summed E-state index contributed by atoms with van der Waals surface area (Å²) < 4.78 is 17.9. The van der Waals surface area contributed by atoms with Gasteiger partial charge in [0.25, 0.3) is 0 Å². The van der Waals surface area contributed by atoms with Crippen molar-refractivity contribution in [2.45, 2.75) is 70.2 Å². The van der Waals surface area contributed by atoms with Crippen LogP contribution in [0.15, 0.2) is 0 Å². The highest BCUT2D eigenvalue weighted by atomic mass is 16.8. The summed E-state index contributed by atoms with van der Waals surface area (Å²) in [7, 11) is 0. The Hall–Kier alpha value is -0.450. The largest absolute Gasteiger partial charge is 0.346 e. The van der Waals surface area contributed by atoms with Gasteiger partial charge in [0.1, 0.15) is 11.9 Å². The highest BCUT2D eigenvalue weighted by Crippen LogP contribution is 2.52. The lowest BCUT2D eigenvalue weighted by atomic mass is 9.63. The fraction of sp³-hybridized carbons (Fsp3) is 0.933. The van der Waals surface area contributed by atoms with Crippen LogP contribution < -0.4 is 0 Å². The molecule has 0 radical (unpaired) electrons. The van der Waals surface area contributed by atoms with Crippen molar-refractivity contribution in [2.75, 3.05) is 0 Å². The molecule has 2 saturated carbocycles. The molecule has 0 aromatic rings. The smallest absolute Gasteiger partial charge is 0.187 e. The fourth-order valence-corrected chi connectivity index (χ4v) is 4.67. The highest BCUT2D eigenvalue weighted by Gasteiger charge is 2.60. The summed E-state index contributed by atoms with van der Waals surface area (Å²) in [5.74, 6) is 0.782. The Morgan fingerprint density at radius 1 is 1.16 bits per heavy atom. The number of carbonyl (C=O) groups excluding carboxylic acids is 1. The molecular weight excluding hydrogens is 244 g/mol. The predicted octanol–water partition coefficient (Wildman–Crippen LogP) is 2.26. The summed E-state index contributed by atoms with van der Waals surface area (Å²) in [5.41, 5.74) is 0. The summed E-state index contributed by atoms with van der Waals surface area (Å²) in [6.45, 7) is 3.85. The van der Waals surface area contributed by atoms with Gasteiger partial charge in [-0.15, -0.1) is 0 Å². The minimum Gasteiger partial charge on any atom is -0.346 e. The van der Waals surface area contributed by atoms with Crippen molar-refractivity contribution >= 4 is 5.78 Å². The maximum absolute atomic E-state index is 12.4. The van der Waals surface area contributed by atoms with Gasteiger partial charge in [0, 0.05) is 18.3 Å². The van der Waals surface area contributed by atoms with Crippen LogP contribution in [0.4, 0.5) is 0 Å². The first-order chi connectivity index (χ1) is 9.05. The number of ether oxygens (including phenoxy) is 3.